The van der Waals surface area contributed by atoms with E-state index in [0.29, 0.717) is 12.0 Å². The molecule has 1 aromatic rings. The molecule has 1 aromatic heterocycles. The number of hydrogen-bond donors (Lipinski definition) is 1. The first-order valence-corrected chi connectivity index (χ1v) is 5.26. The lowest BCUT2D eigenvalue weighted by atomic mass is 9.87. The van der Waals surface area contributed by atoms with Crippen LogP contribution in [0.4, 0.5) is 0 Å². The summed E-state index contributed by atoms with van der Waals surface area (Å²) in [7, 11) is 0. The summed E-state index contributed by atoms with van der Waals surface area (Å²) in [5.41, 5.74) is 7.63. The van der Waals surface area contributed by atoms with Gasteiger partial charge in [-0.15, -0.1) is 21.5 Å². The van der Waals surface area contributed by atoms with E-state index in [1.165, 1.54) is 17.8 Å². The first-order chi connectivity index (χ1) is 5.86. The molecular weight excluding hydrogens is 170 g/mol. The fourth-order valence-electron chi connectivity index (χ4n) is 1.73. The third-order valence-corrected chi connectivity index (χ3v) is 3.35. The van der Waals surface area contributed by atoms with Crippen LogP contribution in [0.2, 0.25) is 0 Å². The second kappa shape index (κ2) is 3.49. The summed E-state index contributed by atoms with van der Waals surface area (Å²) < 4.78 is 0. The molecule has 4 heteroatoms. The van der Waals surface area contributed by atoms with E-state index in [0.717, 1.165) is 12.8 Å². The van der Waals surface area contributed by atoms with Crippen LogP contribution in [0.1, 0.15) is 36.6 Å². The Bertz CT molecular complexity index is 226. The summed E-state index contributed by atoms with van der Waals surface area (Å²) in [6.07, 6.45) is 4.67. The Morgan fingerprint density at radius 1 is 1.33 bits per heavy atom. The van der Waals surface area contributed by atoms with E-state index in [-0.39, 0.29) is 0 Å². The van der Waals surface area contributed by atoms with Crippen LogP contribution < -0.4 is 5.73 Å². The van der Waals surface area contributed by atoms with Crippen molar-refractivity contribution in [2.75, 3.05) is 0 Å². The highest BCUT2D eigenvalue weighted by molar-refractivity contribution is 7.09. The minimum absolute atomic E-state index is 0.425. The molecule has 0 aromatic carbocycles. The van der Waals surface area contributed by atoms with Crippen molar-refractivity contribution in [1.82, 2.24) is 10.2 Å². The maximum Gasteiger partial charge on any atom is 0.120 e. The quantitative estimate of drug-likeness (QED) is 0.718. The van der Waals surface area contributed by atoms with Gasteiger partial charge < -0.3 is 5.73 Å². The Morgan fingerprint density at radius 3 is 2.67 bits per heavy atom. The number of rotatable bonds is 1. The van der Waals surface area contributed by atoms with Crippen molar-refractivity contribution >= 4 is 11.3 Å². The molecule has 1 fully saturated rings. The number of hydrogen-bond acceptors (Lipinski definition) is 4. The fourth-order valence-corrected chi connectivity index (χ4v) is 2.45. The molecule has 66 valence electrons. The van der Waals surface area contributed by atoms with Gasteiger partial charge >= 0.3 is 0 Å². The first kappa shape index (κ1) is 8.13. The zero-order valence-corrected chi connectivity index (χ0v) is 7.76. The maximum absolute atomic E-state index is 5.82. The van der Waals surface area contributed by atoms with Crippen LogP contribution in [0.5, 0.6) is 0 Å². The molecule has 3 nitrogen and oxygen atoms in total. The van der Waals surface area contributed by atoms with Crippen molar-refractivity contribution in [2.45, 2.75) is 37.6 Å². The SMILES string of the molecule is N[C@H]1CC[C@H](c2nncs2)CC1. The average Bonchev–Trinajstić information content (AvgIpc) is 2.58. The highest BCUT2D eigenvalue weighted by Gasteiger charge is 2.21. The van der Waals surface area contributed by atoms with Gasteiger partial charge in [0.25, 0.3) is 0 Å². The van der Waals surface area contributed by atoms with Gasteiger partial charge in [-0.1, -0.05) is 0 Å². The lowest BCUT2D eigenvalue weighted by Crippen LogP contribution is -2.25. The molecule has 0 unspecified atom stereocenters. The minimum atomic E-state index is 0.425. The molecule has 0 spiro atoms. The number of nitrogens with two attached hydrogens (primary N) is 1. The molecule has 0 bridgehead atoms. The zero-order chi connectivity index (χ0) is 8.39. The summed E-state index contributed by atoms with van der Waals surface area (Å²) in [6.45, 7) is 0. The Morgan fingerprint density at radius 2 is 2.08 bits per heavy atom. The minimum Gasteiger partial charge on any atom is -0.328 e. The lowest BCUT2D eigenvalue weighted by Gasteiger charge is -2.23. The number of nitrogens with zero attached hydrogens (tertiary/aromatic N) is 2. The summed E-state index contributed by atoms with van der Waals surface area (Å²) in [6, 6.07) is 0.425. The predicted octanol–water partition coefficient (Wildman–Crippen LogP) is 1.52. The van der Waals surface area contributed by atoms with Crippen LogP contribution in [0.3, 0.4) is 0 Å². The van der Waals surface area contributed by atoms with Gasteiger partial charge in [-0.3, -0.25) is 0 Å². The predicted molar refractivity (Wildman–Crippen MR) is 49.1 cm³/mol. The van der Waals surface area contributed by atoms with E-state index in [9.17, 15) is 0 Å². The maximum atomic E-state index is 5.82. The van der Waals surface area contributed by atoms with Gasteiger partial charge in [-0.2, -0.15) is 0 Å². The summed E-state index contributed by atoms with van der Waals surface area (Å²) in [4.78, 5) is 0. The van der Waals surface area contributed by atoms with Crippen molar-refractivity contribution < 1.29 is 0 Å². The highest BCUT2D eigenvalue weighted by atomic mass is 32.1. The zero-order valence-electron chi connectivity index (χ0n) is 6.94. The molecular formula is C8H13N3S. The largest absolute Gasteiger partial charge is 0.328 e. The topological polar surface area (TPSA) is 51.8 Å². The van der Waals surface area contributed by atoms with Crippen molar-refractivity contribution in [3.63, 3.8) is 0 Å². The molecule has 2 N–H and O–H groups in total. The molecule has 1 aliphatic carbocycles. The normalized spacial score (nSPS) is 30.4. The molecule has 1 aliphatic rings. The van der Waals surface area contributed by atoms with Crippen LogP contribution in [0, 0.1) is 0 Å². The molecule has 1 saturated carbocycles. The monoisotopic (exact) mass is 183 g/mol. The van der Waals surface area contributed by atoms with Crippen molar-refractivity contribution in [1.29, 1.82) is 0 Å². The second-order valence-electron chi connectivity index (χ2n) is 3.39. The highest BCUT2D eigenvalue weighted by Crippen LogP contribution is 2.32. The van der Waals surface area contributed by atoms with Crippen molar-refractivity contribution in [3.05, 3.63) is 10.5 Å². The van der Waals surface area contributed by atoms with Gasteiger partial charge in [0.05, 0.1) is 0 Å². The molecule has 0 radical (unpaired) electrons. The van der Waals surface area contributed by atoms with E-state index in [1.54, 1.807) is 11.3 Å². The smallest absolute Gasteiger partial charge is 0.120 e. The van der Waals surface area contributed by atoms with Crippen LogP contribution in [-0.2, 0) is 0 Å². The third-order valence-electron chi connectivity index (χ3n) is 2.50. The molecule has 0 saturated heterocycles. The standard InChI is InChI=1S/C8H13N3S/c9-7-3-1-6(2-4-7)8-11-10-5-12-8/h5-7H,1-4,9H2/t6-,7-. The molecule has 1 heterocycles. The van der Waals surface area contributed by atoms with E-state index in [4.69, 9.17) is 5.73 Å². The second-order valence-corrected chi connectivity index (χ2v) is 4.25. The average molecular weight is 183 g/mol. The Kier molecular flexibility index (Phi) is 2.37. The first-order valence-electron chi connectivity index (χ1n) is 4.38. The summed E-state index contributed by atoms with van der Waals surface area (Å²) >= 11 is 1.67. The van der Waals surface area contributed by atoms with Gasteiger partial charge in [0, 0.05) is 12.0 Å². The van der Waals surface area contributed by atoms with Gasteiger partial charge in [-0.25, -0.2) is 0 Å². The van der Waals surface area contributed by atoms with E-state index >= 15 is 0 Å². The molecule has 2 rings (SSSR count). The summed E-state index contributed by atoms with van der Waals surface area (Å²) in [5.74, 6) is 0.636. The van der Waals surface area contributed by atoms with Gasteiger partial charge in [0.1, 0.15) is 10.5 Å². The van der Waals surface area contributed by atoms with E-state index in [1.807, 2.05) is 5.51 Å². The van der Waals surface area contributed by atoms with Crippen LogP contribution in [0.15, 0.2) is 5.51 Å². The Balaban J connectivity index is 1.99. The van der Waals surface area contributed by atoms with E-state index < -0.39 is 0 Å². The molecule has 12 heavy (non-hydrogen) atoms. The summed E-state index contributed by atoms with van der Waals surface area (Å²) in [5, 5.41) is 9.14. The molecule has 0 amide bonds. The van der Waals surface area contributed by atoms with Crippen LogP contribution >= 0.6 is 11.3 Å². The van der Waals surface area contributed by atoms with Crippen molar-refractivity contribution in [2.24, 2.45) is 5.73 Å². The van der Waals surface area contributed by atoms with Gasteiger partial charge in [0.2, 0.25) is 0 Å². The number of aromatic nitrogens is 2. The van der Waals surface area contributed by atoms with Crippen LogP contribution in [0.25, 0.3) is 0 Å². The Labute approximate surface area is 76.0 Å². The molecule has 0 aliphatic heterocycles. The fraction of sp³-hybridized carbons (Fsp3) is 0.750. The van der Waals surface area contributed by atoms with Gasteiger partial charge in [0.15, 0.2) is 0 Å². The van der Waals surface area contributed by atoms with E-state index in [2.05, 4.69) is 10.2 Å². The Hall–Kier alpha value is -0.480. The molecule has 0 atom stereocenters. The van der Waals surface area contributed by atoms with Crippen molar-refractivity contribution in [3.8, 4) is 0 Å². The van der Waals surface area contributed by atoms with Crippen LogP contribution in [-0.4, -0.2) is 16.2 Å². The van der Waals surface area contributed by atoms with Gasteiger partial charge in [-0.05, 0) is 25.7 Å². The third kappa shape index (κ3) is 1.64. The lowest BCUT2D eigenvalue weighted by molar-refractivity contribution is 0.393.